The van der Waals surface area contributed by atoms with Crippen molar-refractivity contribution in [3.63, 3.8) is 0 Å². The summed E-state index contributed by atoms with van der Waals surface area (Å²) in [6.07, 6.45) is 7.40. The number of likely N-dealkylation sites (tertiary alicyclic amines) is 1. The Morgan fingerprint density at radius 3 is 2.79 bits per heavy atom. The van der Waals surface area contributed by atoms with Crippen LogP contribution in [0, 0.1) is 5.92 Å². The third kappa shape index (κ3) is 3.93. The van der Waals surface area contributed by atoms with E-state index in [2.05, 4.69) is 0 Å². The summed E-state index contributed by atoms with van der Waals surface area (Å²) in [5.41, 5.74) is 0. The van der Waals surface area contributed by atoms with Gasteiger partial charge in [0, 0.05) is 19.6 Å². The van der Waals surface area contributed by atoms with Crippen molar-refractivity contribution in [1.82, 2.24) is 4.90 Å². The smallest absolute Gasteiger partial charge is 0.223 e. The molecule has 1 heterocycles. The highest BCUT2D eigenvalue weighted by atomic mass is 16.5. The molecule has 1 amide bonds. The Labute approximate surface area is 116 Å². The lowest BCUT2D eigenvalue weighted by molar-refractivity contribution is -0.137. The molecule has 0 aromatic heterocycles. The first-order valence-electron chi connectivity index (χ1n) is 7.76. The molecule has 0 radical (unpaired) electrons. The summed E-state index contributed by atoms with van der Waals surface area (Å²) < 4.78 is 5.53. The maximum absolute atomic E-state index is 12.4. The van der Waals surface area contributed by atoms with E-state index in [0.717, 1.165) is 45.3 Å². The molecular weight excluding hydrogens is 242 g/mol. The largest absolute Gasteiger partial charge is 0.394 e. The van der Waals surface area contributed by atoms with Crippen molar-refractivity contribution < 1.29 is 14.6 Å². The molecule has 1 saturated carbocycles. The van der Waals surface area contributed by atoms with Crippen molar-refractivity contribution in [2.24, 2.45) is 5.92 Å². The molecule has 0 spiro atoms. The Morgan fingerprint density at radius 2 is 2.11 bits per heavy atom. The minimum Gasteiger partial charge on any atom is -0.394 e. The molecule has 1 aliphatic carbocycles. The summed E-state index contributed by atoms with van der Waals surface area (Å²) in [7, 11) is 0. The van der Waals surface area contributed by atoms with Crippen LogP contribution in [-0.4, -0.2) is 47.8 Å². The third-order valence-electron chi connectivity index (χ3n) is 4.47. The summed E-state index contributed by atoms with van der Waals surface area (Å²) in [5, 5.41) is 9.44. The lowest BCUT2D eigenvalue weighted by atomic mass is 9.79. The van der Waals surface area contributed by atoms with Crippen molar-refractivity contribution in [2.45, 2.75) is 64.0 Å². The van der Waals surface area contributed by atoms with Gasteiger partial charge in [-0.15, -0.1) is 0 Å². The molecule has 110 valence electrons. The van der Waals surface area contributed by atoms with E-state index in [0.29, 0.717) is 18.4 Å². The molecule has 19 heavy (non-hydrogen) atoms. The number of aliphatic hydroxyl groups is 1. The van der Waals surface area contributed by atoms with Gasteiger partial charge >= 0.3 is 0 Å². The average molecular weight is 269 g/mol. The molecule has 1 atom stereocenters. The Kier molecular flexibility index (Phi) is 5.64. The van der Waals surface area contributed by atoms with Crippen molar-refractivity contribution >= 4 is 5.91 Å². The van der Waals surface area contributed by atoms with Gasteiger partial charge in [0.15, 0.2) is 0 Å². The van der Waals surface area contributed by atoms with Gasteiger partial charge in [0.05, 0.1) is 18.8 Å². The predicted molar refractivity (Wildman–Crippen MR) is 73.8 cm³/mol. The van der Waals surface area contributed by atoms with E-state index < -0.39 is 0 Å². The number of amides is 1. The lowest BCUT2D eigenvalue weighted by Crippen LogP contribution is -2.44. The molecule has 2 aliphatic rings. The first kappa shape index (κ1) is 14.8. The monoisotopic (exact) mass is 269 g/mol. The van der Waals surface area contributed by atoms with Gasteiger partial charge in [-0.05, 0) is 38.5 Å². The van der Waals surface area contributed by atoms with E-state index >= 15 is 0 Å². The highest BCUT2D eigenvalue weighted by Crippen LogP contribution is 2.33. The maximum Gasteiger partial charge on any atom is 0.223 e. The highest BCUT2D eigenvalue weighted by Gasteiger charge is 2.33. The zero-order chi connectivity index (χ0) is 13.7. The van der Waals surface area contributed by atoms with Crippen LogP contribution in [0.25, 0.3) is 0 Å². The molecular formula is C15H27NO3. The third-order valence-corrected chi connectivity index (χ3v) is 4.47. The van der Waals surface area contributed by atoms with E-state index in [1.54, 1.807) is 0 Å². The van der Waals surface area contributed by atoms with Crippen molar-refractivity contribution in [2.75, 3.05) is 19.8 Å². The fourth-order valence-electron chi connectivity index (χ4n) is 3.27. The van der Waals surface area contributed by atoms with E-state index in [1.165, 1.54) is 6.42 Å². The quantitative estimate of drug-likeness (QED) is 0.830. The SMILES string of the molecule is CCOC1CC(CC(=O)N2CCCCCC2CO)C1. The number of carbonyl (C=O) groups excluding carboxylic acids is 1. The Hall–Kier alpha value is -0.610. The minimum atomic E-state index is 0.0535. The molecule has 1 saturated heterocycles. The summed E-state index contributed by atoms with van der Waals surface area (Å²) >= 11 is 0. The molecule has 1 unspecified atom stereocenters. The first-order chi connectivity index (χ1) is 9.24. The van der Waals surface area contributed by atoms with Gasteiger partial charge in [0.1, 0.15) is 0 Å². The average Bonchev–Trinajstić information content (AvgIpc) is 2.61. The number of nitrogens with zero attached hydrogens (tertiary/aromatic N) is 1. The summed E-state index contributed by atoms with van der Waals surface area (Å²) in [5.74, 6) is 0.729. The maximum atomic E-state index is 12.4. The number of aliphatic hydroxyl groups excluding tert-OH is 1. The van der Waals surface area contributed by atoms with Crippen LogP contribution in [0.4, 0.5) is 0 Å². The van der Waals surface area contributed by atoms with Gasteiger partial charge in [-0.3, -0.25) is 4.79 Å². The van der Waals surface area contributed by atoms with Crippen molar-refractivity contribution in [1.29, 1.82) is 0 Å². The topological polar surface area (TPSA) is 49.8 Å². The molecule has 4 heteroatoms. The molecule has 1 aliphatic heterocycles. The van der Waals surface area contributed by atoms with Crippen LogP contribution in [0.2, 0.25) is 0 Å². The zero-order valence-electron chi connectivity index (χ0n) is 12.0. The Balaban J connectivity index is 1.78. The van der Waals surface area contributed by atoms with E-state index in [9.17, 15) is 9.90 Å². The lowest BCUT2D eigenvalue weighted by Gasteiger charge is -2.37. The van der Waals surface area contributed by atoms with Gasteiger partial charge in [0.25, 0.3) is 0 Å². The minimum absolute atomic E-state index is 0.0535. The van der Waals surface area contributed by atoms with Gasteiger partial charge in [-0.2, -0.15) is 0 Å². The van der Waals surface area contributed by atoms with Crippen LogP contribution >= 0.6 is 0 Å². The molecule has 0 aromatic rings. The number of rotatable bonds is 5. The zero-order valence-corrected chi connectivity index (χ0v) is 12.0. The summed E-state index contributed by atoms with van der Waals surface area (Å²) in [6, 6.07) is 0.0535. The summed E-state index contributed by atoms with van der Waals surface area (Å²) in [6.45, 7) is 3.72. The number of hydrogen-bond donors (Lipinski definition) is 1. The van der Waals surface area contributed by atoms with Crippen molar-refractivity contribution in [3.05, 3.63) is 0 Å². The highest BCUT2D eigenvalue weighted by molar-refractivity contribution is 5.77. The standard InChI is InChI=1S/C15H27NO3/c1-2-19-14-8-12(9-14)10-15(18)16-7-5-3-4-6-13(16)11-17/h12-14,17H,2-11H2,1H3. The number of hydrogen-bond acceptors (Lipinski definition) is 3. The Morgan fingerprint density at radius 1 is 1.32 bits per heavy atom. The second-order valence-corrected chi connectivity index (χ2v) is 5.89. The Bertz CT molecular complexity index is 289. The van der Waals surface area contributed by atoms with Crippen LogP contribution in [0.5, 0.6) is 0 Å². The van der Waals surface area contributed by atoms with Gasteiger partial charge < -0.3 is 14.7 Å². The second kappa shape index (κ2) is 7.25. The van der Waals surface area contributed by atoms with Crippen LogP contribution in [0.1, 0.15) is 51.9 Å². The van der Waals surface area contributed by atoms with Gasteiger partial charge in [0.2, 0.25) is 5.91 Å². The molecule has 2 fully saturated rings. The summed E-state index contributed by atoms with van der Waals surface area (Å²) in [4.78, 5) is 14.3. The van der Waals surface area contributed by atoms with E-state index in [-0.39, 0.29) is 18.6 Å². The molecule has 0 aromatic carbocycles. The fraction of sp³-hybridized carbons (Fsp3) is 0.933. The van der Waals surface area contributed by atoms with Crippen molar-refractivity contribution in [3.8, 4) is 0 Å². The fourth-order valence-corrected chi connectivity index (χ4v) is 3.27. The van der Waals surface area contributed by atoms with Crippen LogP contribution < -0.4 is 0 Å². The van der Waals surface area contributed by atoms with E-state index in [4.69, 9.17) is 4.74 Å². The van der Waals surface area contributed by atoms with Gasteiger partial charge in [-0.25, -0.2) is 0 Å². The normalized spacial score (nSPS) is 31.7. The second-order valence-electron chi connectivity index (χ2n) is 5.89. The van der Waals surface area contributed by atoms with Crippen LogP contribution in [0.3, 0.4) is 0 Å². The number of ether oxygens (including phenoxy) is 1. The molecule has 4 nitrogen and oxygen atoms in total. The van der Waals surface area contributed by atoms with E-state index in [1.807, 2.05) is 11.8 Å². The number of carbonyl (C=O) groups is 1. The van der Waals surface area contributed by atoms with Crippen LogP contribution in [0.15, 0.2) is 0 Å². The predicted octanol–water partition coefficient (Wildman–Crippen LogP) is 1.96. The van der Waals surface area contributed by atoms with Gasteiger partial charge in [-0.1, -0.05) is 12.8 Å². The molecule has 2 rings (SSSR count). The van der Waals surface area contributed by atoms with Crippen LogP contribution in [-0.2, 0) is 9.53 Å². The molecule has 1 N–H and O–H groups in total. The first-order valence-corrected chi connectivity index (χ1v) is 7.76. The molecule has 0 bridgehead atoms.